The minimum Gasteiger partial charge on any atom is -0.506 e. The Hall–Kier alpha value is -2.21. The highest BCUT2D eigenvalue weighted by Crippen LogP contribution is 2.29. The predicted octanol–water partition coefficient (Wildman–Crippen LogP) is 2.34. The third kappa shape index (κ3) is 3.64. The van der Waals surface area contributed by atoms with Gasteiger partial charge in [-0.2, -0.15) is 0 Å². The van der Waals surface area contributed by atoms with Crippen molar-refractivity contribution in [3.63, 3.8) is 0 Å². The Bertz CT molecular complexity index is 684. The van der Waals surface area contributed by atoms with E-state index >= 15 is 0 Å². The molecule has 106 valence electrons. The Morgan fingerprint density at radius 2 is 1.85 bits per heavy atom. The average molecular weight is 293 g/mol. The first-order valence-corrected chi connectivity index (χ1v) is 7.57. The van der Waals surface area contributed by atoms with Crippen LogP contribution in [0, 0.1) is 0 Å². The maximum atomic E-state index is 12.1. The van der Waals surface area contributed by atoms with Gasteiger partial charge in [-0.25, -0.2) is 8.42 Å². The quantitative estimate of drug-likeness (QED) is 0.830. The van der Waals surface area contributed by atoms with Crippen LogP contribution in [0.15, 0.2) is 48.5 Å². The third-order valence-corrected chi connectivity index (χ3v) is 3.91. The van der Waals surface area contributed by atoms with E-state index in [1.165, 1.54) is 19.2 Å². The van der Waals surface area contributed by atoms with Gasteiger partial charge in [0.1, 0.15) is 11.5 Å². The molecule has 0 aromatic heterocycles. The van der Waals surface area contributed by atoms with Crippen LogP contribution in [-0.4, -0.2) is 20.6 Å². The Morgan fingerprint density at radius 3 is 2.50 bits per heavy atom. The number of phenols is 1. The van der Waals surface area contributed by atoms with Crippen LogP contribution in [0.3, 0.4) is 0 Å². The number of rotatable bonds is 5. The van der Waals surface area contributed by atoms with E-state index in [-0.39, 0.29) is 17.2 Å². The number of phenolic OH excluding ortho intramolecular Hbond substituents is 1. The number of ether oxygens (including phenoxy) is 1. The van der Waals surface area contributed by atoms with E-state index in [4.69, 9.17) is 4.74 Å². The van der Waals surface area contributed by atoms with Gasteiger partial charge in [0.2, 0.25) is 10.0 Å². The van der Waals surface area contributed by atoms with Crippen molar-refractivity contribution in [2.75, 3.05) is 11.8 Å². The summed E-state index contributed by atoms with van der Waals surface area (Å²) in [5, 5.41) is 9.68. The van der Waals surface area contributed by atoms with Crippen molar-refractivity contribution in [2.24, 2.45) is 0 Å². The SMILES string of the molecule is COc1ccc(O)c(NS(=O)(=O)Cc2ccccc2)c1. The number of sulfonamides is 1. The van der Waals surface area contributed by atoms with Crippen LogP contribution in [0.1, 0.15) is 5.56 Å². The highest BCUT2D eigenvalue weighted by molar-refractivity contribution is 7.91. The molecule has 20 heavy (non-hydrogen) atoms. The molecule has 0 atom stereocenters. The fraction of sp³-hybridized carbons (Fsp3) is 0.143. The zero-order chi connectivity index (χ0) is 14.6. The molecule has 0 aliphatic carbocycles. The van der Waals surface area contributed by atoms with Crippen LogP contribution in [0.5, 0.6) is 11.5 Å². The molecule has 0 heterocycles. The summed E-state index contributed by atoms with van der Waals surface area (Å²) >= 11 is 0. The monoisotopic (exact) mass is 293 g/mol. The van der Waals surface area contributed by atoms with Gasteiger partial charge in [-0.05, 0) is 17.7 Å². The molecule has 0 amide bonds. The Morgan fingerprint density at radius 1 is 1.15 bits per heavy atom. The number of hydrogen-bond donors (Lipinski definition) is 2. The Kier molecular flexibility index (Phi) is 4.14. The van der Waals surface area contributed by atoms with Crippen LogP contribution in [0.25, 0.3) is 0 Å². The van der Waals surface area contributed by atoms with E-state index in [9.17, 15) is 13.5 Å². The van der Waals surface area contributed by atoms with Gasteiger partial charge in [0.25, 0.3) is 0 Å². The maximum absolute atomic E-state index is 12.1. The summed E-state index contributed by atoms with van der Waals surface area (Å²) in [6.45, 7) is 0. The normalized spacial score (nSPS) is 11.1. The average Bonchev–Trinajstić information content (AvgIpc) is 2.41. The second-order valence-electron chi connectivity index (χ2n) is 4.23. The standard InChI is InChI=1S/C14H15NO4S/c1-19-12-7-8-14(16)13(9-12)15-20(17,18)10-11-5-3-2-4-6-11/h2-9,15-16H,10H2,1H3. The summed E-state index contributed by atoms with van der Waals surface area (Å²) in [5.41, 5.74) is 0.766. The molecular weight excluding hydrogens is 278 g/mol. The van der Waals surface area contributed by atoms with Gasteiger partial charge in [0.15, 0.2) is 0 Å². The molecular formula is C14H15NO4S. The van der Waals surface area contributed by atoms with E-state index in [0.717, 1.165) is 0 Å². The lowest BCUT2D eigenvalue weighted by Gasteiger charge is -2.11. The van der Waals surface area contributed by atoms with Gasteiger partial charge in [0.05, 0.1) is 18.6 Å². The molecule has 0 fully saturated rings. The van der Waals surface area contributed by atoms with Crippen molar-refractivity contribution in [1.82, 2.24) is 0 Å². The molecule has 0 radical (unpaired) electrons. The van der Waals surface area contributed by atoms with Gasteiger partial charge < -0.3 is 9.84 Å². The second-order valence-corrected chi connectivity index (χ2v) is 5.95. The lowest BCUT2D eigenvalue weighted by molar-refractivity contribution is 0.413. The van der Waals surface area contributed by atoms with E-state index in [1.54, 1.807) is 30.3 Å². The molecule has 0 saturated heterocycles. The summed E-state index contributed by atoms with van der Waals surface area (Å²) in [7, 11) is -2.13. The van der Waals surface area contributed by atoms with Crippen molar-refractivity contribution < 1.29 is 18.3 Å². The summed E-state index contributed by atoms with van der Waals surface area (Å²) in [4.78, 5) is 0. The summed E-state index contributed by atoms with van der Waals surface area (Å²) in [6, 6.07) is 13.2. The summed E-state index contributed by atoms with van der Waals surface area (Å²) < 4.78 is 31.5. The van der Waals surface area contributed by atoms with E-state index in [1.807, 2.05) is 6.07 Å². The first-order chi connectivity index (χ1) is 9.50. The molecule has 0 aliphatic rings. The minimum absolute atomic E-state index is 0.0975. The molecule has 0 spiro atoms. The van der Waals surface area contributed by atoms with Crippen molar-refractivity contribution in [3.05, 3.63) is 54.1 Å². The summed E-state index contributed by atoms with van der Waals surface area (Å²) in [5.74, 6) is 0.146. The van der Waals surface area contributed by atoms with Crippen molar-refractivity contribution in [3.8, 4) is 11.5 Å². The molecule has 0 bridgehead atoms. The number of benzene rings is 2. The molecule has 0 aliphatic heterocycles. The van der Waals surface area contributed by atoms with E-state index < -0.39 is 10.0 Å². The molecule has 0 saturated carbocycles. The fourth-order valence-electron chi connectivity index (χ4n) is 1.72. The Balaban J connectivity index is 2.20. The molecule has 2 rings (SSSR count). The minimum atomic E-state index is -3.60. The van der Waals surface area contributed by atoms with Gasteiger partial charge >= 0.3 is 0 Å². The van der Waals surface area contributed by atoms with Crippen LogP contribution in [0.2, 0.25) is 0 Å². The highest BCUT2D eigenvalue weighted by Gasteiger charge is 2.14. The van der Waals surface area contributed by atoms with Gasteiger partial charge in [0, 0.05) is 6.07 Å². The number of anilines is 1. The fourth-order valence-corrected chi connectivity index (χ4v) is 2.92. The predicted molar refractivity (Wildman–Crippen MR) is 77.3 cm³/mol. The largest absolute Gasteiger partial charge is 0.506 e. The maximum Gasteiger partial charge on any atom is 0.237 e. The van der Waals surface area contributed by atoms with Crippen LogP contribution < -0.4 is 9.46 Å². The van der Waals surface area contributed by atoms with E-state index in [2.05, 4.69) is 4.72 Å². The van der Waals surface area contributed by atoms with E-state index in [0.29, 0.717) is 11.3 Å². The smallest absolute Gasteiger partial charge is 0.237 e. The van der Waals surface area contributed by atoms with Crippen molar-refractivity contribution in [1.29, 1.82) is 0 Å². The zero-order valence-electron chi connectivity index (χ0n) is 10.9. The lowest BCUT2D eigenvalue weighted by Crippen LogP contribution is -2.15. The molecule has 0 unspecified atom stereocenters. The molecule has 2 aromatic rings. The first-order valence-electron chi connectivity index (χ1n) is 5.91. The first kappa shape index (κ1) is 14.2. The van der Waals surface area contributed by atoms with Crippen LogP contribution in [0.4, 0.5) is 5.69 Å². The number of aromatic hydroxyl groups is 1. The lowest BCUT2D eigenvalue weighted by atomic mass is 10.2. The molecule has 6 heteroatoms. The third-order valence-electron chi connectivity index (χ3n) is 2.67. The van der Waals surface area contributed by atoms with Crippen LogP contribution >= 0.6 is 0 Å². The van der Waals surface area contributed by atoms with Crippen molar-refractivity contribution in [2.45, 2.75) is 5.75 Å². The molecule has 5 nitrogen and oxygen atoms in total. The number of hydrogen-bond acceptors (Lipinski definition) is 4. The number of methoxy groups -OCH3 is 1. The molecule has 2 N–H and O–H groups in total. The number of nitrogens with one attached hydrogen (secondary N) is 1. The highest BCUT2D eigenvalue weighted by atomic mass is 32.2. The Labute approximate surface area is 117 Å². The topological polar surface area (TPSA) is 75.6 Å². The van der Waals surface area contributed by atoms with Crippen molar-refractivity contribution >= 4 is 15.7 Å². The van der Waals surface area contributed by atoms with Gasteiger partial charge in [-0.15, -0.1) is 0 Å². The second kappa shape index (κ2) is 5.83. The molecule has 2 aromatic carbocycles. The van der Waals surface area contributed by atoms with Gasteiger partial charge in [-0.3, -0.25) is 4.72 Å². The van der Waals surface area contributed by atoms with Gasteiger partial charge in [-0.1, -0.05) is 30.3 Å². The summed E-state index contributed by atoms with van der Waals surface area (Å²) in [6.07, 6.45) is 0. The zero-order valence-corrected chi connectivity index (χ0v) is 11.7. The van der Waals surface area contributed by atoms with Crippen LogP contribution in [-0.2, 0) is 15.8 Å².